The van der Waals surface area contributed by atoms with E-state index in [1.807, 2.05) is 0 Å². The number of hydrogen-bond donors (Lipinski definition) is 2. The molecule has 1 aromatic carbocycles. The molecule has 0 radical (unpaired) electrons. The fraction of sp³-hybridized carbons (Fsp3) is 0.333. The summed E-state index contributed by atoms with van der Waals surface area (Å²) in [5.74, 6) is -1.12. The van der Waals surface area contributed by atoms with Crippen LogP contribution in [0, 0.1) is 5.82 Å². The van der Waals surface area contributed by atoms with Gasteiger partial charge in [0.05, 0.1) is 6.10 Å². The third-order valence-corrected chi connectivity index (χ3v) is 1.78. The van der Waals surface area contributed by atoms with Crippen molar-refractivity contribution in [3.8, 4) is 5.75 Å². The fourth-order valence-electron chi connectivity index (χ4n) is 1.08. The minimum Gasteiger partial charge on any atom is -0.435 e. The highest BCUT2D eigenvalue weighted by molar-refractivity contribution is 5.30. The Morgan fingerprint density at radius 2 is 2.07 bits per heavy atom. The first-order chi connectivity index (χ1) is 7.04. The van der Waals surface area contributed by atoms with Gasteiger partial charge in [0, 0.05) is 18.2 Å². The van der Waals surface area contributed by atoms with Crippen LogP contribution >= 0.6 is 0 Å². The average molecular weight is 221 g/mol. The lowest BCUT2D eigenvalue weighted by molar-refractivity contribution is -0.0500. The minimum atomic E-state index is -3.00. The van der Waals surface area contributed by atoms with E-state index in [-0.39, 0.29) is 17.9 Å². The number of rotatable bonds is 4. The molecule has 1 aromatic rings. The van der Waals surface area contributed by atoms with Gasteiger partial charge < -0.3 is 15.6 Å². The summed E-state index contributed by atoms with van der Waals surface area (Å²) < 4.78 is 40.7. The van der Waals surface area contributed by atoms with Gasteiger partial charge in [0.1, 0.15) is 11.6 Å². The Morgan fingerprint density at radius 1 is 1.40 bits per heavy atom. The van der Waals surface area contributed by atoms with Crippen LogP contribution in [0.25, 0.3) is 0 Å². The predicted octanol–water partition coefficient (Wildman–Crippen LogP) is 1.42. The normalized spacial score (nSPS) is 12.9. The molecule has 1 unspecified atom stereocenters. The molecule has 1 rings (SSSR count). The Hall–Kier alpha value is -1.27. The molecular weight excluding hydrogens is 211 g/mol. The van der Waals surface area contributed by atoms with E-state index in [4.69, 9.17) is 5.73 Å². The van der Waals surface area contributed by atoms with Crippen LogP contribution in [0.3, 0.4) is 0 Å². The number of aliphatic hydroxyl groups excluding tert-OH is 1. The van der Waals surface area contributed by atoms with E-state index in [2.05, 4.69) is 4.74 Å². The van der Waals surface area contributed by atoms with Gasteiger partial charge in [0.2, 0.25) is 0 Å². The maximum absolute atomic E-state index is 13.2. The lowest BCUT2D eigenvalue weighted by Gasteiger charge is -2.10. The van der Waals surface area contributed by atoms with Crippen LogP contribution in [0.5, 0.6) is 5.75 Å². The number of nitrogens with two attached hydrogens (primary N) is 1. The fourth-order valence-corrected chi connectivity index (χ4v) is 1.08. The highest BCUT2D eigenvalue weighted by Gasteiger charge is 2.13. The molecule has 0 saturated carbocycles. The summed E-state index contributed by atoms with van der Waals surface area (Å²) in [7, 11) is 0. The lowest BCUT2D eigenvalue weighted by atomic mass is 10.1. The van der Waals surface area contributed by atoms with Gasteiger partial charge in [-0.15, -0.1) is 0 Å². The number of aliphatic hydroxyl groups is 1. The van der Waals surface area contributed by atoms with Gasteiger partial charge in [-0.1, -0.05) is 0 Å². The predicted molar refractivity (Wildman–Crippen MR) is 47.0 cm³/mol. The molecular formula is C9H10F3NO2. The first kappa shape index (κ1) is 11.8. The van der Waals surface area contributed by atoms with Crippen LogP contribution in [-0.4, -0.2) is 18.3 Å². The molecule has 0 heterocycles. The quantitative estimate of drug-likeness (QED) is 0.808. The highest BCUT2D eigenvalue weighted by Crippen LogP contribution is 2.22. The SMILES string of the molecule is NCC(O)c1ccc(OC(F)F)cc1F. The first-order valence-electron chi connectivity index (χ1n) is 4.17. The second kappa shape index (κ2) is 4.99. The Kier molecular flexibility index (Phi) is 3.93. The van der Waals surface area contributed by atoms with E-state index >= 15 is 0 Å². The smallest absolute Gasteiger partial charge is 0.387 e. The van der Waals surface area contributed by atoms with E-state index in [1.165, 1.54) is 0 Å². The molecule has 6 heteroatoms. The molecule has 84 valence electrons. The van der Waals surface area contributed by atoms with Gasteiger partial charge >= 0.3 is 6.61 Å². The van der Waals surface area contributed by atoms with Gasteiger partial charge in [-0.05, 0) is 12.1 Å². The topological polar surface area (TPSA) is 55.5 Å². The average Bonchev–Trinajstić information content (AvgIpc) is 2.16. The number of halogens is 3. The maximum atomic E-state index is 13.2. The number of hydrogen-bond acceptors (Lipinski definition) is 3. The molecule has 0 aliphatic carbocycles. The Morgan fingerprint density at radius 3 is 2.53 bits per heavy atom. The molecule has 0 aliphatic heterocycles. The summed E-state index contributed by atoms with van der Waals surface area (Å²) in [6, 6.07) is 3.08. The Balaban J connectivity index is 2.88. The lowest BCUT2D eigenvalue weighted by Crippen LogP contribution is -2.13. The van der Waals surface area contributed by atoms with Gasteiger partial charge in [0.15, 0.2) is 0 Å². The third-order valence-electron chi connectivity index (χ3n) is 1.78. The zero-order chi connectivity index (χ0) is 11.4. The van der Waals surface area contributed by atoms with Crippen LogP contribution < -0.4 is 10.5 Å². The van der Waals surface area contributed by atoms with Gasteiger partial charge in [-0.25, -0.2) is 4.39 Å². The number of benzene rings is 1. The summed E-state index contributed by atoms with van der Waals surface area (Å²) in [5, 5.41) is 9.23. The monoisotopic (exact) mass is 221 g/mol. The molecule has 0 amide bonds. The van der Waals surface area contributed by atoms with Crippen molar-refractivity contribution in [2.24, 2.45) is 5.73 Å². The van der Waals surface area contributed by atoms with Crippen molar-refractivity contribution in [2.75, 3.05) is 6.54 Å². The van der Waals surface area contributed by atoms with Crippen LogP contribution in [0.1, 0.15) is 11.7 Å². The van der Waals surface area contributed by atoms with Crippen molar-refractivity contribution in [3.05, 3.63) is 29.6 Å². The molecule has 0 bridgehead atoms. The second-order valence-electron chi connectivity index (χ2n) is 2.81. The van der Waals surface area contributed by atoms with Crippen molar-refractivity contribution < 1.29 is 23.0 Å². The third kappa shape index (κ3) is 3.10. The van der Waals surface area contributed by atoms with Crippen molar-refractivity contribution in [1.29, 1.82) is 0 Å². The molecule has 3 nitrogen and oxygen atoms in total. The van der Waals surface area contributed by atoms with Crippen LogP contribution in [0.15, 0.2) is 18.2 Å². The molecule has 3 N–H and O–H groups in total. The van der Waals surface area contributed by atoms with E-state index in [0.29, 0.717) is 0 Å². The summed E-state index contributed by atoms with van der Waals surface area (Å²) in [4.78, 5) is 0. The van der Waals surface area contributed by atoms with Crippen molar-refractivity contribution in [2.45, 2.75) is 12.7 Å². The van der Waals surface area contributed by atoms with Crippen LogP contribution in [0.4, 0.5) is 13.2 Å². The maximum Gasteiger partial charge on any atom is 0.387 e. The highest BCUT2D eigenvalue weighted by atomic mass is 19.3. The van der Waals surface area contributed by atoms with Crippen molar-refractivity contribution >= 4 is 0 Å². The van der Waals surface area contributed by atoms with E-state index in [0.717, 1.165) is 18.2 Å². The molecule has 15 heavy (non-hydrogen) atoms. The summed E-state index contributed by atoms with van der Waals surface area (Å²) in [6.07, 6.45) is -1.15. The minimum absolute atomic E-state index is 0.0425. The second-order valence-corrected chi connectivity index (χ2v) is 2.81. The standard InChI is InChI=1S/C9H10F3NO2/c10-7-3-5(15-9(11)12)1-2-6(7)8(14)4-13/h1-3,8-9,14H,4,13H2. The van der Waals surface area contributed by atoms with Gasteiger partial charge in [0.25, 0.3) is 0 Å². The van der Waals surface area contributed by atoms with E-state index < -0.39 is 18.5 Å². The summed E-state index contributed by atoms with van der Waals surface area (Å²) in [6.45, 7) is -3.15. The van der Waals surface area contributed by atoms with Crippen LogP contribution in [0.2, 0.25) is 0 Å². The Bertz CT molecular complexity index is 333. The van der Waals surface area contributed by atoms with Gasteiger partial charge in [-0.2, -0.15) is 8.78 Å². The zero-order valence-electron chi connectivity index (χ0n) is 7.66. The van der Waals surface area contributed by atoms with Gasteiger partial charge in [-0.3, -0.25) is 0 Å². The largest absolute Gasteiger partial charge is 0.435 e. The van der Waals surface area contributed by atoms with E-state index in [1.54, 1.807) is 0 Å². The first-order valence-corrected chi connectivity index (χ1v) is 4.17. The molecule has 0 aliphatic rings. The molecule has 0 spiro atoms. The molecule has 0 saturated heterocycles. The summed E-state index contributed by atoms with van der Waals surface area (Å²) >= 11 is 0. The molecule has 1 atom stereocenters. The van der Waals surface area contributed by atoms with Crippen molar-refractivity contribution in [3.63, 3.8) is 0 Å². The van der Waals surface area contributed by atoms with E-state index in [9.17, 15) is 18.3 Å². The van der Waals surface area contributed by atoms with Crippen molar-refractivity contribution in [1.82, 2.24) is 0 Å². The van der Waals surface area contributed by atoms with Crippen LogP contribution in [-0.2, 0) is 0 Å². The number of alkyl halides is 2. The number of ether oxygens (including phenoxy) is 1. The molecule has 0 aromatic heterocycles. The molecule has 0 fully saturated rings. The zero-order valence-corrected chi connectivity index (χ0v) is 7.66. The Labute approximate surface area is 84.3 Å². The summed E-state index contributed by atoms with van der Waals surface area (Å²) in [5.41, 5.74) is 5.08.